The second kappa shape index (κ2) is 3.88. The minimum atomic E-state index is -0.0130. The molecule has 1 atom stereocenters. The van der Waals surface area contributed by atoms with E-state index in [9.17, 15) is 0 Å². The lowest BCUT2D eigenvalue weighted by molar-refractivity contribution is 0.192. The lowest BCUT2D eigenvalue weighted by Gasteiger charge is -2.11. The van der Waals surface area contributed by atoms with E-state index in [1.807, 2.05) is 14.0 Å². The molecular formula is C7H11N3O. The quantitative estimate of drug-likeness (QED) is 0.639. The van der Waals surface area contributed by atoms with E-state index in [1.54, 1.807) is 12.4 Å². The molecule has 0 aliphatic carbocycles. The van der Waals surface area contributed by atoms with Crippen LogP contribution >= 0.6 is 0 Å². The van der Waals surface area contributed by atoms with Crippen molar-refractivity contribution in [3.8, 4) is 5.75 Å². The number of hydrogen-bond donors (Lipinski definition) is 1. The van der Waals surface area contributed by atoms with Gasteiger partial charge in [-0.15, -0.1) is 0 Å². The average Bonchev–Trinajstić information content (AvgIpc) is 2.06. The fourth-order valence-corrected chi connectivity index (χ4v) is 0.609. The molecule has 1 N–H and O–H groups in total. The Morgan fingerprint density at radius 3 is 2.64 bits per heavy atom. The summed E-state index contributed by atoms with van der Waals surface area (Å²) in [6.45, 7) is 1.91. The molecule has 1 heterocycles. The molecule has 0 aliphatic rings. The topological polar surface area (TPSA) is 47.0 Å². The second-order valence-electron chi connectivity index (χ2n) is 2.12. The molecule has 0 saturated heterocycles. The van der Waals surface area contributed by atoms with Crippen LogP contribution in [0.25, 0.3) is 0 Å². The summed E-state index contributed by atoms with van der Waals surface area (Å²) < 4.78 is 5.33. The van der Waals surface area contributed by atoms with Gasteiger partial charge in [0.15, 0.2) is 5.75 Å². The molecule has 60 valence electrons. The van der Waals surface area contributed by atoms with E-state index in [1.165, 1.54) is 6.33 Å². The predicted molar refractivity (Wildman–Crippen MR) is 41.2 cm³/mol. The maximum absolute atomic E-state index is 5.33. The van der Waals surface area contributed by atoms with E-state index >= 15 is 0 Å². The number of rotatable bonds is 3. The highest BCUT2D eigenvalue weighted by Crippen LogP contribution is 2.05. The van der Waals surface area contributed by atoms with Crippen LogP contribution in [0.3, 0.4) is 0 Å². The molecule has 0 radical (unpaired) electrons. The lowest BCUT2D eigenvalue weighted by atomic mass is 10.6. The molecule has 0 aromatic carbocycles. The van der Waals surface area contributed by atoms with E-state index in [0.29, 0.717) is 5.75 Å². The Hall–Kier alpha value is -1.16. The first-order valence-electron chi connectivity index (χ1n) is 3.42. The third-order valence-corrected chi connectivity index (χ3v) is 1.26. The fourth-order valence-electron chi connectivity index (χ4n) is 0.609. The van der Waals surface area contributed by atoms with Crippen molar-refractivity contribution in [1.29, 1.82) is 0 Å². The zero-order chi connectivity index (χ0) is 8.10. The van der Waals surface area contributed by atoms with Crippen molar-refractivity contribution in [1.82, 2.24) is 15.3 Å². The zero-order valence-corrected chi connectivity index (χ0v) is 6.61. The minimum absolute atomic E-state index is 0.0130. The Kier molecular flexibility index (Phi) is 2.80. The Labute approximate surface area is 65.6 Å². The van der Waals surface area contributed by atoms with Crippen LogP contribution in [-0.2, 0) is 0 Å². The highest BCUT2D eigenvalue weighted by molar-refractivity contribution is 5.10. The van der Waals surface area contributed by atoms with Crippen LogP contribution in [0, 0.1) is 0 Å². The Morgan fingerprint density at radius 2 is 2.09 bits per heavy atom. The normalized spacial score (nSPS) is 12.5. The molecule has 0 amide bonds. The van der Waals surface area contributed by atoms with Crippen LogP contribution < -0.4 is 10.1 Å². The van der Waals surface area contributed by atoms with Crippen molar-refractivity contribution in [3.05, 3.63) is 18.7 Å². The van der Waals surface area contributed by atoms with Crippen LogP contribution in [0.15, 0.2) is 18.7 Å². The van der Waals surface area contributed by atoms with Gasteiger partial charge >= 0.3 is 0 Å². The Morgan fingerprint density at radius 1 is 1.45 bits per heavy atom. The molecule has 1 aromatic heterocycles. The summed E-state index contributed by atoms with van der Waals surface area (Å²) in [4.78, 5) is 7.62. The summed E-state index contributed by atoms with van der Waals surface area (Å²) in [5.74, 6) is 0.675. The van der Waals surface area contributed by atoms with Crippen molar-refractivity contribution < 1.29 is 4.74 Å². The number of aromatic nitrogens is 2. The molecule has 4 nitrogen and oxygen atoms in total. The summed E-state index contributed by atoms with van der Waals surface area (Å²) in [5, 5.41) is 2.94. The van der Waals surface area contributed by atoms with Gasteiger partial charge in [0, 0.05) is 0 Å². The van der Waals surface area contributed by atoms with Crippen LogP contribution in [0.1, 0.15) is 6.92 Å². The molecular weight excluding hydrogens is 142 g/mol. The van der Waals surface area contributed by atoms with Gasteiger partial charge in [0.2, 0.25) is 0 Å². The van der Waals surface area contributed by atoms with E-state index in [2.05, 4.69) is 15.3 Å². The Balaban J connectivity index is 2.51. The van der Waals surface area contributed by atoms with E-state index in [-0.39, 0.29) is 6.23 Å². The average molecular weight is 153 g/mol. The van der Waals surface area contributed by atoms with Gasteiger partial charge in [-0.3, -0.25) is 5.32 Å². The van der Waals surface area contributed by atoms with Crippen molar-refractivity contribution in [2.75, 3.05) is 7.05 Å². The third-order valence-electron chi connectivity index (χ3n) is 1.26. The largest absolute Gasteiger partial charge is 0.472 e. The zero-order valence-electron chi connectivity index (χ0n) is 6.61. The molecule has 0 aliphatic heterocycles. The van der Waals surface area contributed by atoms with Crippen LogP contribution in [-0.4, -0.2) is 23.2 Å². The van der Waals surface area contributed by atoms with Gasteiger partial charge in [-0.05, 0) is 14.0 Å². The SMILES string of the molecule is CNC(C)Oc1cncnc1. The third kappa shape index (κ3) is 2.51. The lowest BCUT2D eigenvalue weighted by Crippen LogP contribution is -2.27. The van der Waals surface area contributed by atoms with Crippen LogP contribution in [0.4, 0.5) is 0 Å². The van der Waals surface area contributed by atoms with E-state index in [0.717, 1.165) is 0 Å². The van der Waals surface area contributed by atoms with Crippen molar-refractivity contribution in [2.24, 2.45) is 0 Å². The monoisotopic (exact) mass is 153 g/mol. The molecule has 1 aromatic rings. The standard InChI is InChI=1S/C7H11N3O/c1-6(8-2)11-7-3-9-5-10-4-7/h3-6,8H,1-2H3. The van der Waals surface area contributed by atoms with Gasteiger partial charge in [0.25, 0.3) is 0 Å². The molecule has 11 heavy (non-hydrogen) atoms. The maximum Gasteiger partial charge on any atom is 0.158 e. The first-order chi connectivity index (χ1) is 5.33. The summed E-state index contributed by atoms with van der Waals surface area (Å²) in [7, 11) is 1.83. The number of ether oxygens (including phenoxy) is 1. The van der Waals surface area contributed by atoms with E-state index < -0.39 is 0 Å². The second-order valence-corrected chi connectivity index (χ2v) is 2.12. The van der Waals surface area contributed by atoms with E-state index in [4.69, 9.17) is 4.74 Å². The molecule has 4 heteroatoms. The van der Waals surface area contributed by atoms with Gasteiger partial charge in [-0.2, -0.15) is 0 Å². The van der Waals surface area contributed by atoms with Gasteiger partial charge in [0.05, 0.1) is 12.4 Å². The predicted octanol–water partition coefficient (Wildman–Crippen LogP) is 0.421. The summed E-state index contributed by atoms with van der Waals surface area (Å²) >= 11 is 0. The maximum atomic E-state index is 5.33. The number of nitrogens with zero attached hydrogens (tertiary/aromatic N) is 2. The van der Waals surface area contributed by atoms with Crippen LogP contribution in [0.2, 0.25) is 0 Å². The molecule has 0 spiro atoms. The summed E-state index contributed by atoms with van der Waals surface area (Å²) in [6.07, 6.45) is 4.71. The minimum Gasteiger partial charge on any atom is -0.472 e. The van der Waals surface area contributed by atoms with Gasteiger partial charge in [0.1, 0.15) is 12.6 Å². The number of hydrogen-bond acceptors (Lipinski definition) is 4. The summed E-state index contributed by atoms with van der Waals surface area (Å²) in [6, 6.07) is 0. The van der Waals surface area contributed by atoms with Crippen molar-refractivity contribution >= 4 is 0 Å². The molecule has 0 fully saturated rings. The smallest absolute Gasteiger partial charge is 0.158 e. The van der Waals surface area contributed by atoms with Gasteiger partial charge in [-0.1, -0.05) is 0 Å². The summed E-state index contributed by atoms with van der Waals surface area (Å²) in [5.41, 5.74) is 0. The first kappa shape index (κ1) is 7.94. The first-order valence-corrected chi connectivity index (χ1v) is 3.42. The molecule has 1 rings (SSSR count). The number of nitrogens with one attached hydrogen (secondary N) is 1. The molecule has 1 unspecified atom stereocenters. The van der Waals surface area contributed by atoms with Gasteiger partial charge in [-0.25, -0.2) is 9.97 Å². The fraction of sp³-hybridized carbons (Fsp3) is 0.429. The Bertz CT molecular complexity index is 202. The molecule has 0 saturated carbocycles. The van der Waals surface area contributed by atoms with Crippen LogP contribution in [0.5, 0.6) is 5.75 Å². The van der Waals surface area contributed by atoms with Crippen molar-refractivity contribution in [3.63, 3.8) is 0 Å². The highest BCUT2D eigenvalue weighted by atomic mass is 16.5. The highest BCUT2D eigenvalue weighted by Gasteiger charge is 1.98. The molecule has 0 bridgehead atoms. The van der Waals surface area contributed by atoms with Crippen molar-refractivity contribution in [2.45, 2.75) is 13.2 Å². The van der Waals surface area contributed by atoms with Gasteiger partial charge < -0.3 is 4.74 Å².